The summed E-state index contributed by atoms with van der Waals surface area (Å²) in [5, 5.41) is 9.57. The van der Waals surface area contributed by atoms with Crippen molar-refractivity contribution in [2.75, 3.05) is 12.3 Å². The van der Waals surface area contributed by atoms with Gasteiger partial charge in [0.2, 0.25) is 5.91 Å². The molecule has 0 aliphatic carbocycles. The van der Waals surface area contributed by atoms with E-state index in [0.29, 0.717) is 18.7 Å². The van der Waals surface area contributed by atoms with Gasteiger partial charge in [-0.05, 0) is 24.5 Å². The molecule has 6 heteroatoms. The van der Waals surface area contributed by atoms with E-state index in [1.807, 2.05) is 12.1 Å². The quantitative estimate of drug-likeness (QED) is 0.772. The van der Waals surface area contributed by atoms with Gasteiger partial charge in [-0.2, -0.15) is 24.4 Å². The number of hydrogen-bond donors (Lipinski definition) is 2. The summed E-state index contributed by atoms with van der Waals surface area (Å²) < 4.78 is 0. The molecule has 0 bridgehead atoms. The highest BCUT2D eigenvalue weighted by Gasteiger charge is 2.40. The van der Waals surface area contributed by atoms with Crippen molar-refractivity contribution in [2.24, 2.45) is 5.92 Å². The number of carbonyl (C=O) groups excluding carboxylic acids is 1. The molecule has 1 aromatic rings. The van der Waals surface area contributed by atoms with Gasteiger partial charge in [-0.3, -0.25) is 4.79 Å². The summed E-state index contributed by atoms with van der Waals surface area (Å²) >= 11 is 5.89. The zero-order valence-electron chi connectivity index (χ0n) is 13.4. The van der Waals surface area contributed by atoms with Crippen LogP contribution in [0.4, 0.5) is 0 Å². The molecular formula is C17H23NO3S2. The van der Waals surface area contributed by atoms with Gasteiger partial charge < -0.3 is 10.0 Å². The van der Waals surface area contributed by atoms with Crippen LogP contribution in [0.15, 0.2) is 24.3 Å². The maximum absolute atomic E-state index is 12.4. The van der Waals surface area contributed by atoms with Crippen molar-refractivity contribution in [3.8, 4) is 0 Å². The number of thioether (sulfide) groups is 1. The summed E-state index contributed by atoms with van der Waals surface area (Å²) in [6, 6.07) is 7.49. The van der Waals surface area contributed by atoms with Crippen molar-refractivity contribution < 1.29 is 14.7 Å². The Labute approximate surface area is 147 Å². The van der Waals surface area contributed by atoms with Crippen molar-refractivity contribution in [2.45, 2.75) is 37.3 Å². The highest BCUT2D eigenvalue weighted by Crippen LogP contribution is 2.31. The molecule has 3 atom stereocenters. The molecular weight excluding hydrogens is 330 g/mol. The summed E-state index contributed by atoms with van der Waals surface area (Å²) in [4.78, 5) is 25.4. The van der Waals surface area contributed by atoms with E-state index in [4.69, 9.17) is 0 Å². The Hall–Kier alpha value is -1.14. The standard InChI is InChI=1S/C17H23NO3S2/c1-11-5-3-4-6-13(11)10-23-14-7-15(17(20)21)18(8-14)16(19)12(2)9-22/h3-6,12,14-15,22H,7-10H2,1-2H3,(H,20,21)/t12-,14+,15+/m1/s1. The average Bonchev–Trinajstić information content (AvgIpc) is 2.97. The number of rotatable bonds is 6. The number of carboxylic acids is 1. The van der Waals surface area contributed by atoms with Crippen LogP contribution in [0.1, 0.15) is 24.5 Å². The Kier molecular flexibility index (Phi) is 6.41. The summed E-state index contributed by atoms with van der Waals surface area (Å²) in [5.41, 5.74) is 2.50. The van der Waals surface area contributed by atoms with Gasteiger partial charge in [-0.1, -0.05) is 31.2 Å². The van der Waals surface area contributed by atoms with E-state index in [-0.39, 0.29) is 17.1 Å². The van der Waals surface area contributed by atoms with Crippen molar-refractivity contribution >= 4 is 36.3 Å². The van der Waals surface area contributed by atoms with Gasteiger partial charge in [-0.15, -0.1) is 0 Å². The summed E-state index contributed by atoms with van der Waals surface area (Å²) in [5.74, 6) is 0.00618. The zero-order valence-corrected chi connectivity index (χ0v) is 15.1. The molecule has 23 heavy (non-hydrogen) atoms. The Morgan fingerprint density at radius 1 is 1.43 bits per heavy atom. The fourth-order valence-electron chi connectivity index (χ4n) is 2.74. The molecule has 2 rings (SSSR count). The van der Waals surface area contributed by atoms with Gasteiger partial charge in [0.05, 0.1) is 0 Å². The molecule has 0 radical (unpaired) electrons. The molecule has 126 valence electrons. The normalized spacial score (nSPS) is 22.1. The topological polar surface area (TPSA) is 57.6 Å². The second-order valence-electron chi connectivity index (χ2n) is 6.02. The summed E-state index contributed by atoms with van der Waals surface area (Å²) in [6.07, 6.45) is 0.511. The number of carboxylic acid groups (broad SMARTS) is 1. The number of aryl methyl sites for hydroxylation is 1. The third kappa shape index (κ3) is 4.44. The number of thiol groups is 1. The minimum absolute atomic E-state index is 0.105. The van der Waals surface area contributed by atoms with E-state index in [9.17, 15) is 14.7 Å². The van der Waals surface area contributed by atoms with E-state index in [2.05, 4.69) is 31.7 Å². The molecule has 1 N–H and O–H groups in total. The van der Waals surface area contributed by atoms with Crippen LogP contribution in [0.25, 0.3) is 0 Å². The van der Waals surface area contributed by atoms with Gasteiger partial charge in [-0.25, -0.2) is 4.79 Å². The predicted molar refractivity (Wildman–Crippen MR) is 97.0 cm³/mol. The van der Waals surface area contributed by atoms with Crippen molar-refractivity contribution in [1.29, 1.82) is 0 Å². The number of nitrogens with zero attached hydrogens (tertiary/aromatic N) is 1. The van der Waals surface area contributed by atoms with E-state index < -0.39 is 12.0 Å². The van der Waals surface area contributed by atoms with Gasteiger partial charge in [0.25, 0.3) is 0 Å². The van der Waals surface area contributed by atoms with Crippen LogP contribution in [0.5, 0.6) is 0 Å². The molecule has 1 aromatic carbocycles. The van der Waals surface area contributed by atoms with Crippen LogP contribution in [-0.4, -0.2) is 45.5 Å². The van der Waals surface area contributed by atoms with Gasteiger partial charge >= 0.3 is 5.97 Å². The first kappa shape index (κ1) is 18.2. The number of likely N-dealkylation sites (tertiary alicyclic amines) is 1. The van der Waals surface area contributed by atoms with E-state index in [1.165, 1.54) is 16.0 Å². The second kappa shape index (κ2) is 8.11. The second-order valence-corrected chi connectivity index (χ2v) is 7.68. The Morgan fingerprint density at radius 2 is 2.13 bits per heavy atom. The third-order valence-electron chi connectivity index (χ3n) is 4.26. The van der Waals surface area contributed by atoms with Crippen LogP contribution in [0.3, 0.4) is 0 Å². The summed E-state index contributed by atoms with van der Waals surface area (Å²) in [6.45, 7) is 4.38. The number of amides is 1. The summed E-state index contributed by atoms with van der Waals surface area (Å²) in [7, 11) is 0. The van der Waals surface area contributed by atoms with Crippen molar-refractivity contribution in [3.05, 3.63) is 35.4 Å². The fraction of sp³-hybridized carbons (Fsp3) is 0.529. The number of benzene rings is 1. The molecule has 0 spiro atoms. The minimum Gasteiger partial charge on any atom is -0.480 e. The molecule has 0 unspecified atom stereocenters. The van der Waals surface area contributed by atoms with E-state index in [0.717, 1.165) is 5.75 Å². The SMILES string of the molecule is Cc1ccccc1CS[C@H]1C[C@@H](C(=O)O)N(C(=O)[C@H](C)CS)C1. The lowest BCUT2D eigenvalue weighted by Crippen LogP contribution is -2.43. The maximum Gasteiger partial charge on any atom is 0.326 e. The lowest BCUT2D eigenvalue weighted by molar-refractivity contribution is -0.149. The lowest BCUT2D eigenvalue weighted by Gasteiger charge is -2.24. The molecule has 1 saturated heterocycles. The van der Waals surface area contributed by atoms with Crippen molar-refractivity contribution in [1.82, 2.24) is 4.90 Å². The van der Waals surface area contributed by atoms with Gasteiger partial charge in [0.15, 0.2) is 0 Å². The Bertz CT molecular complexity index is 579. The number of aliphatic carboxylic acids is 1. The molecule has 1 amide bonds. The highest BCUT2D eigenvalue weighted by molar-refractivity contribution is 7.99. The first-order chi connectivity index (χ1) is 10.9. The molecule has 0 aromatic heterocycles. The number of carbonyl (C=O) groups is 2. The van der Waals surface area contributed by atoms with Crippen LogP contribution in [0.2, 0.25) is 0 Å². The average molecular weight is 354 g/mol. The Balaban J connectivity index is 2.01. The largest absolute Gasteiger partial charge is 0.480 e. The molecule has 1 aliphatic rings. The zero-order chi connectivity index (χ0) is 17.0. The molecule has 1 fully saturated rings. The monoisotopic (exact) mass is 353 g/mol. The van der Waals surface area contributed by atoms with Crippen molar-refractivity contribution in [3.63, 3.8) is 0 Å². The third-order valence-corrected chi connectivity index (χ3v) is 6.10. The van der Waals surface area contributed by atoms with E-state index >= 15 is 0 Å². The molecule has 1 heterocycles. The van der Waals surface area contributed by atoms with Crippen LogP contribution in [0, 0.1) is 12.8 Å². The fourth-order valence-corrected chi connectivity index (χ4v) is 4.22. The first-order valence-electron chi connectivity index (χ1n) is 7.74. The van der Waals surface area contributed by atoms with Crippen LogP contribution < -0.4 is 0 Å². The molecule has 0 saturated carbocycles. The van der Waals surface area contributed by atoms with Gasteiger partial charge in [0, 0.05) is 29.2 Å². The van der Waals surface area contributed by atoms with Crippen LogP contribution >= 0.6 is 24.4 Å². The van der Waals surface area contributed by atoms with E-state index in [1.54, 1.807) is 18.7 Å². The van der Waals surface area contributed by atoms with Crippen LogP contribution in [-0.2, 0) is 15.3 Å². The lowest BCUT2D eigenvalue weighted by atomic mass is 10.1. The number of hydrogen-bond acceptors (Lipinski definition) is 4. The maximum atomic E-state index is 12.4. The predicted octanol–water partition coefficient (Wildman–Crippen LogP) is 2.85. The minimum atomic E-state index is -0.913. The molecule has 1 aliphatic heterocycles. The molecule has 4 nitrogen and oxygen atoms in total. The highest BCUT2D eigenvalue weighted by atomic mass is 32.2. The first-order valence-corrected chi connectivity index (χ1v) is 9.42. The van der Waals surface area contributed by atoms with Gasteiger partial charge in [0.1, 0.15) is 6.04 Å². The Morgan fingerprint density at radius 3 is 2.74 bits per heavy atom. The smallest absolute Gasteiger partial charge is 0.326 e.